The van der Waals surface area contributed by atoms with Crippen molar-refractivity contribution in [3.8, 4) is 0 Å². The second kappa shape index (κ2) is 8.16. The number of thioether (sulfide) groups is 1. The summed E-state index contributed by atoms with van der Waals surface area (Å²) in [6, 6.07) is 1.94. The molecule has 0 aliphatic heterocycles. The van der Waals surface area contributed by atoms with Crippen molar-refractivity contribution >= 4 is 35.0 Å². The molecule has 0 aromatic carbocycles. The van der Waals surface area contributed by atoms with Crippen LogP contribution in [0.25, 0.3) is 0 Å². The minimum absolute atomic E-state index is 0.0346. The third kappa shape index (κ3) is 5.10. The first-order valence-electron chi connectivity index (χ1n) is 5.76. The molecule has 0 saturated heterocycles. The summed E-state index contributed by atoms with van der Waals surface area (Å²) in [5.41, 5.74) is 0. The highest BCUT2D eigenvalue weighted by molar-refractivity contribution is 7.98. The molecule has 0 unspecified atom stereocenters. The summed E-state index contributed by atoms with van der Waals surface area (Å²) < 4.78 is 0. The van der Waals surface area contributed by atoms with Gasteiger partial charge in [0.25, 0.3) is 5.91 Å². The molecule has 0 aliphatic carbocycles. The predicted octanol–water partition coefficient (Wildman–Crippen LogP) is 2.84. The lowest BCUT2D eigenvalue weighted by atomic mass is 10.2. The van der Waals surface area contributed by atoms with Crippen LogP contribution in [0.15, 0.2) is 16.3 Å². The van der Waals surface area contributed by atoms with Crippen LogP contribution in [0, 0.1) is 0 Å². The Morgan fingerprint density at radius 3 is 2.83 bits per heavy atom. The molecule has 0 fully saturated rings. The zero-order valence-corrected chi connectivity index (χ0v) is 11.9. The molecule has 1 amide bonds. The molecule has 1 aromatic rings. The van der Waals surface area contributed by atoms with E-state index in [1.54, 1.807) is 11.8 Å². The summed E-state index contributed by atoms with van der Waals surface area (Å²) >= 11 is 3.01. The van der Waals surface area contributed by atoms with Crippen LogP contribution in [-0.4, -0.2) is 29.8 Å². The monoisotopic (exact) mass is 287 g/mol. The number of thiophene rings is 1. The highest BCUT2D eigenvalue weighted by Gasteiger charge is 2.11. The molecule has 4 nitrogen and oxygen atoms in total. The SMILES string of the molecule is CSc1ccsc1C(=O)NCCCCCC(=O)O. The number of hydrogen-bond acceptors (Lipinski definition) is 4. The first kappa shape index (κ1) is 15.0. The van der Waals surface area contributed by atoms with E-state index in [0.29, 0.717) is 13.0 Å². The lowest BCUT2D eigenvalue weighted by Crippen LogP contribution is -2.23. The van der Waals surface area contributed by atoms with E-state index in [9.17, 15) is 9.59 Å². The van der Waals surface area contributed by atoms with Crippen LogP contribution in [0.2, 0.25) is 0 Å². The third-order valence-electron chi connectivity index (χ3n) is 2.41. The second-order valence-electron chi connectivity index (χ2n) is 3.78. The van der Waals surface area contributed by atoms with Gasteiger partial charge in [-0.2, -0.15) is 0 Å². The molecule has 1 rings (SSSR count). The van der Waals surface area contributed by atoms with Crippen LogP contribution < -0.4 is 5.32 Å². The van der Waals surface area contributed by atoms with Crippen LogP contribution in [0.3, 0.4) is 0 Å². The number of aliphatic carboxylic acids is 1. The smallest absolute Gasteiger partial charge is 0.303 e. The Morgan fingerprint density at radius 2 is 2.17 bits per heavy atom. The number of carbonyl (C=O) groups is 2. The summed E-state index contributed by atoms with van der Waals surface area (Å²) in [5.74, 6) is -0.796. The van der Waals surface area contributed by atoms with Crippen molar-refractivity contribution in [2.75, 3.05) is 12.8 Å². The molecule has 0 aliphatic rings. The first-order valence-corrected chi connectivity index (χ1v) is 7.87. The number of carboxylic acid groups (broad SMARTS) is 1. The fourth-order valence-corrected chi connectivity index (χ4v) is 3.15. The van der Waals surface area contributed by atoms with Gasteiger partial charge in [-0.1, -0.05) is 6.42 Å². The van der Waals surface area contributed by atoms with Crippen LogP contribution >= 0.6 is 23.1 Å². The Hall–Kier alpha value is -1.01. The molecule has 1 aromatic heterocycles. The van der Waals surface area contributed by atoms with Crippen molar-refractivity contribution < 1.29 is 14.7 Å². The maximum Gasteiger partial charge on any atom is 0.303 e. The predicted molar refractivity (Wildman–Crippen MR) is 74.5 cm³/mol. The highest BCUT2D eigenvalue weighted by atomic mass is 32.2. The standard InChI is InChI=1S/C12H17NO3S2/c1-17-9-6-8-18-11(9)12(16)13-7-4-2-3-5-10(14)15/h6,8H,2-5,7H2,1H3,(H,13,16)(H,14,15). The average Bonchev–Trinajstić information content (AvgIpc) is 2.81. The summed E-state index contributed by atoms with van der Waals surface area (Å²) in [5, 5.41) is 13.2. The molecule has 0 bridgehead atoms. The van der Waals surface area contributed by atoms with Crippen molar-refractivity contribution in [1.29, 1.82) is 0 Å². The number of carboxylic acids is 1. The van der Waals surface area contributed by atoms with Crippen LogP contribution in [0.5, 0.6) is 0 Å². The summed E-state index contributed by atoms with van der Waals surface area (Å²) in [6.07, 6.45) is 4.46. The molecule has 0 atom stereocenters. The lowest BCUT2D eigenvalue weighted by Gasteiger charge is -2.04. The fourth-order valence-electron chi connectivity index (χ4n) is 1.48. The molecular weight excluding hydrogens is 270 g/mol. The molecule has 0 saturated carbocycles. The maximum atomic E-state index is 11.8. The molecule has 100 valence electrons. The summed E-state index contributed by atoms with van der Waals surface area (Å²) in [6.45, 7) is 0.601. The number of unbranched alkanes of at least 4 members (excludes halogenated alkanes) is 2. The number of amides is 1. The van der Waals surface area contributed by atoms with Gasteiger partial charge in [-0.15, -0.1) is 23.1 Å². The van der Waals surface area contributed by atoms with Crippen molar-refractivity contribution in [1.82, 2.24) is 5.32 Å². The van der Waals surface area contributed by atoms with E-state index < -0.39 is 5.97 Å². The van der Waals surface area contributed by atoms with E-state index >= 15 is 0 Å². The minimum atomic E-state index is -0.762. The largest absolute Gasteiger partial charge is 0.481 e. The maximum absolute atomic E-state index is 11.8. The normalized spacial score (nSPS) is 10.3. The van der Waals surface area contributed by atoms with Crippen molar-refractivity contribution in [2.24, 2.45) is 0 Å². The van der Waals surface area contributed by atoms with Gasteiger partial charge >= 0.3 is 5.97 Å². The molecule has 0 spiro atoms. The molecule has 2 N–H and O–H groups in total. The Bertz CT molecular complexity index is 404. The Kier molecular flexibility index (Phi) is 6.82. The van der Waals surface area contributed by atoms with Gasteiger partial charge in [0, 0.05) is 17.9 Å². The summed E-state index contributed by atoms with van der Waals surface area (Å²) in [4.78, 5) is 23.9. The van der Waals surface area contributed by atoms with E-state index in [-0.39, 0.29) is 12.3 Å². The fraction of sp³-hybridized carbons (Fsp3) is 0.500. The zero-order chi connectivity index (χ0) is 13.4. The van der Waals surface area contributed by atoms with Gasteiger partial charge in [0.1, 0.15) is 4.88 Å². The van der Waals surface area contributed by atoms with Crippen molar-refractivity contribution in [3.63, 3.8) is 0 Å². The van der Waals surface area contributed by atoms with Gasteiger partial charge in [-0.3, -0.25) is 9.59 Å². The van der Waals surface area contributed by atoms with Gasteiger partial charge in [0.15, 0.2) is 0 Å². The first-order chi connectivity index (χ1) is 8.65. The van der Waals surface area contributed by atoms with E-state index in [1.165, 1.54) is 11.3 Å². The van der Waals surface area contributed by atoms with E-state index in [2.05, 4.69) is 5.32 Å². The second-order valence-corrected chi connectivity index (χ2v) is 5.54. The number of hydrogen-bond donors (Lipinski definition) is 2. The van der Waals surface area contributed by atoms with E-state index in [1.807, 2.05) is 17.7 Å². The van der Waals surface area contributed by atoms with Gasteiger partial charge in [0.05, 0.1) is 0 Å². The number of rotatable bonds is 8. The van der Waals surface area contributed by atoms with Crippen LogP contribution in [0.4, 0.5) is 0 Å². The molecule has 0 radical (unpaired) electrons. The van der Waals surface area contributed by atoms with E-state index in [4.69, 9.17) is 5.11 Å². The van der Waals surface area contributed by atoms with Gasteiger partial charge in [-0.05, 0) is 30.5 Å². The highest BCUT2D eigenvalue weighted by Crippen LogP contribution is 2.25. The third-order valence-corrected chi connectivity index (χ3v) is 4.23. The van der Waals surface area contributed by atoms with E-state index in [0.717, 1.165) is 22.6 Å². The Balaban J connectivity index is 2.20. The van der Waals surface area contributed by atoms with Crippen LogP contribution in [0.1, 0.15) is 35.4 Å². The van der Waals surface area contributed by atoms with Gasteiger partial charge < -0.3 is 10.4 Å². The summed E-state index contributed by atoms with van der Waals surface area (Å²) in [7, 11) is 0. The average molecular weight is 287 g/mol. The number of nitrogens with one attached hydrogen (secondary N) is 1. The van der Waals surface area contributed by atoms with Gasteiger partial charge in [-0.25, -0.2) is 0 Å². The Labute approximate surface area is 115 Å². The van der Waals surface area contributed by atoms with Crippen LogP contribution in [-0.2, 0) is 4.79 Å². The minimum Gasteiger partial charge on any atom is -0.481 e. The molecule has 18 heavy (non-hydrogen) atoms. The number of carbonyl (C=O) groups excluding carboxylic acids is 1. The quantitative estimate of drug-likeness (QED) is 0.570. The van der Waals surface area contributed by atoms with Crippen molar-refractivity contribution in [2.45, 2.75) is 30.6 Å². The molecule has 1 heterocycles. The molecule has 6 heteroatoms. The lowest BCUT2D eigenvalue weighted by molar-refractivity contribution is -0.137. The molecular formula is C12H17NO3S2. The van der Waals surface area contributed by atoms with Gasteiger partial charge in [0.2, 0.25) is 0 Å². The zero-order valence-electron chi connectivity index (χ0n) is 10.3. The Morgan fingerprint density at radius 1 is 1.39 bits per heavy atom. The van der Waals surface area contributed by atoms with Crippen molar-refractivity contribution in [3.05, 3.63) is 16.3 Å². The topological polar surface area (TPSA) is 66.4 Å².